The summed E-state index contributed by atoms with van der Waals surface area (Å²) >= 11 is 0. The zero-order valence-electron chi connectivity index (χ0n) is 28.6. The Morgan fingerprint density at radius 2 is 1.13 bits per heavy atom. The molecule has 8 heteroatoms. The van der Waals surface area contributed by atoms with E-state index in [-0.39, 0.29) is 5.41 Å². The van der Waals surface area contributed by atoms with Crippen LogP contribution < -0.4 is 20.9 Å². The van der Waals surface area contributed by atoms with E-state index >= 15 is 0 Å². The highest BCUT2D eigenvalue weighted by atomic mass is 16.5. The van der Waals surface area contributed by atoms with Crippen molar-refractivity contribution in [3.05, 3.63) is 83.9 Å². The van der Waals surface area contributed by atoms with Crippen molar-refractivity contribution in [2.75, 3.05) is 66.0 Å². The van der Waals surface area contributed by atoms with Crippen molar-refractivity contribution in [3.63, 3.8) is 0 Å². The minimum Gasteiger partial charge on any atom is -0.492 e. The first kappa shape index (κ1) is 35.3. The fourth-order valence-corrected chi connectivity index (χ4v) is 4.69. The number of likely N-dealkylation sites (N-methyl/N-ethyl adjacent to an activating group) is 2. The third-order valence-corrected chi connectivity index (χ3v) is 7.15. The molecule has 0 aliphatic heterocycles. The Morgan fingerprint density at radius 1 is 0.667 bits per heavy atom. The predicted molar refractivity (Wildman–Crippen MR) is 189 cm³/mol. The lowest BCUT2D eigenvalue weighted by molar-refractivity contribution is 0.261. The average molecular weight is 613 g/mol. The number of ether oxygens (including phenoxy) is 2. The van der Waals surface area contributed by atoms with Gasteiger partial charge in [-0.3, -0.25) is 0 Å². The van der Waals surface area contributed by atoms with Crippen LogP contribution in [0.5, 0.6) is 11.5 Å². The van der Waals surface area contributed by atoms with E-state index in [0.717, 1.165) is 47.1 Å². The molecule has 45 heavy (non-hydrogen) atoms. The van der Waals surface area contributed by atoms with Gasteiger partial charge in [-0.05, 0) is 111 Å². The summed E-state index contributed by atoms with van der Waals surface area (Å²) < 4.78 is 11.7. The van der Waals surface area contributed by atoms with E-state index in [9.17, 15) is 0 Å². The fourth-order valence-electron chi connectivity index (χ4n) is 4.69. The topological polar surface area (TPSA) is 103 Å². The molecular weight excluding hydrogens is 560 g/mol. The number of benzene rings is 2. The Morgan fingerprint density at radius 3 is 1.58 bits per heavy atom. The van der Waals surface area contributed by atoms with Crippen LogP contribution in [0, 0.1) is 0 Å². The highest BCUT2D eigenvalue weighted by Crippen LogP contribution is 2.35. The van der Waals surface area contributed by atoms with Crippen molar-refractivity contribution in [1.29, 1.82) is 0 Å². The van der Waals surface area contributed by atoms with Gasteiger partial charge in [0.2, 0.25) is 0 Å². The lowest BCUT2D eigenvalue weighted by Crippen LogP contribution is -2.20. The molecule has 0 amide bonds. The summed E-state index contributed by atoms with van der Waals surface area (Å²) in [6, 6.07) is 23.8. The number of aromatic nitrogens is 2. The molecule has 0 unspecified atom stereocenters. The molecule has 0 aliphatic carbocycles. The summed E-state index contributed by atoms with van der Waals surface area (Å²) in [5, 5.41) is 0. The van der Waals surface area contributed by atoms with Gasteiger partial charge in [0.15, 0.2) is 0 Å². The third-order valence-electron chi connectivity index (χ3n) is 7.15. The minimum atomic E-state index is -0.0114. The van der Waals surface area contributed by atoms with Gasteiger partial charge in [-0.2, -0.15) is 0 Å². The van der Waals surface area contributed by atoms with Gasteiger partial charge in [0, 0.05) is 24.2 Å². The van der Waals surface area contributed by atoms with E-state index in [2.05, 4.69) is 78.7 Å². The van der Waals surface area contributed by atoms with Gasteiger partial charge in [-0.1, -0.05) is 46.8 Å². The summed E-state index contributed by atoms with van der Waals surface area (Å²) in [6.45, 7) is 14.1. The second kappa shape index (κ2) is 16.3. The van der Waals surface area contributed by atoms with Crippen LogP contribution in [0.4, 0.5) is 11.6 Å². The first-order valence-corrected chi connectivity index (χ1v) is 15.5. The maximum Gasteiger partial charge on any atom is 0.124 e. The number of hydrogen-bond acceptors (Lipinski definition) is 8. The highest BCUT2D eigenvalue weighted by molar-refractivity contribution is 5.68. The third kappa shape index (κ3) is 11.1. The zero-order chi connectivity index (χ0) is 33.1. The lowest BCUT2D eigenvalue weighted by atomic mass is 9.82. The number of nitrogens with two attached hydrogens (primary N) is 2. The fraction of sp³-hybridized carbons (Fsp3) is 0.405. The molecule has 0 bridgehead atoms. The molecule has 0 fully saturated rings. The number of nitrogen functional groups attached to an aromatic ring is 2. The van der Waals surface area contributed by atoms with E-state index in [1.165, 1.54) is 11.1 Å². The molecule has 4 N–H and O–H groups in total. The van der Waals surface area contributed by atoms with Gasteiger partial charge in [0.1, 0.15) is 36.3 Å². The summed E-state index contributed by atoms with van der Waals surface area (Å²) in [7, 11) is 8.16. The molecule has 4 aromatic rings. The van der Waals surface area contributed by atoms with Crippen LogP contribution in [-0.2, 0) is 5.41 Å². The first-order chi connectivity index (χ1) is 21.2. The lowest BCUT2D eigenvalue weighted by Gasteiger charge is -2.24. The zero-order valence-corrected chi connectivity index (χ0v) is 28.6. The van der Waals surface area contributed by atoms with Gasteiger partial charge < -0.3 is 30.7 Å². The Labute approximate surface area is 270 Å². The molecule has 4 rings (SSSR count). The maximum atomic E-state index is 5.88. The predicted octanol–water partition coefficient (Wildman–Crippen LogP) is 6.96. The van der Waals surface area contributed by atoms with Gasteiger partial charge in [-0.25, -0.2) is 9.97 Å². The summed E-state index contributed by atoms with van der Waals surface area (Å²) in [6.07, 6.45) is 0. The summed E-state index contributed by atoms with van der Waals surface area (Å²) in [5.74, 6) is 3.26. The number of rotatable bonds is 11. The molecule has 0 radical (unpaired) electrons. The molecule has 0 saturated heterocycles. The maximum absolute atomic E-state index is 5.88. The largest absolute Gasteiger partial charge is 0.492 e. The van der Waals surface area contributed by atoms with Crippen LogP contribution in [0.25, 0.3) is 22.5 Å². The second-order valence-corrected chi connectivity index (χ2v) is 13.1. The molecule has 0 spiro atoms. The van der Waals surface area contributed by atoms with Crippen LogP contribution in [0.3, 0.4) is 0 Å². The normalized spacial score (nSPS) is 11.5. The monoisotopic (exact) mass is 612 g/mol. The van der Waals surface area contributed by atoms with Crippen molar-refractivity contribution >= 4 is 11.6 Å². The quantitative estimate of drug-likeness (QED) is 0.187. The Hall–Kier alpha value is -4.14. The Bertz CT molecular complexity index is 1510. The molecule has 2 aromatic heterocycles. The molecular formula is C37H52N6O2. The van der Waals surface area contributed by atoms with E-state index in [4.69, 9.17) is 20.9 Å². The molecule has 0 atom stereocenters. The molecule has 2 heterocycles. The Kier molecular flexibility index (Phi) is 12.8. The van der Waals surface area contributed by atoms with E-state index in [1.54, 1.807) is 12.1 Å². The second-order valence-electron chi connectivity index (χ2n) is 13.1. The standard InChI is InChI=1S/C19H27N3O.C18H25N3O/c1-19(2,3)16-13-14(23-12-11-22(4)5)9-10-15(16)17-7-6-8-18(20)21-17;1-13(2)16-12-14(22-11-10-21(3)4)8-9-15(16)17-6-5-7-18(19)20-17/h6-10,13H,11-12H2,1-5H3,(H2,20,21);5-9,12-13H,10-11H2,1-4H3,(H2,19,20). The number of hydrogen-bond donors (Lipinski definition) is 2. The molecule has 242 valence electrons. The molecule has 0 aliphatic rings. The average Bonchev–Trinajstić information content (AvgIpc) is 2.96. The highest BCUT2D eigenvalue weighted by Gasteiger charge is 2.20. The van der Waals surface area contributed by atoms with Gasteiger partial charge in [0.05, 0.1) is 11.4 Å². The van der Waals surface area contributed by atoms with Crippen molar-refractivity contribution in [2.24, 2.45) is 0 Å². The van der Waals surface area contributed by atoms with E-state index in [1.807, 2.05) is 64.6 Å². The molecule has 8 nitrogen and oxygen atoms in total. The van der Waals surface area contributed by atoms with Gasteiger partial charge in [-0.15, -0.1) is 0 Å². The van der Waals surface area contributed by atoms with Crippen molar-refractivity contribution in [2.45, 2.75) is 46.0 Å². The first-order valence-electron chi connectivity index (χ1n) is 15.5. The molecule has 2 aromatic carbocycles. The van der Waals surface area contributed by atoms with E-state index in [0.29, 0.717) is 30.8 Å². The van der Waals surface area contributed by atoms with Gasteiger partial charge >= 0.3 is 0 Å². The van der Waals surface area contributed by atoms with Crippen LogP contribution >= 0.6 is 0 Å². The number of nitrogens with zero attached hydrogens (tertiary/aromatic N) is 4. The molecule has 0 saturated carbocycles. The van der Waals surface area contributed by atoms with Crippen LogP contribution in [0.15, 0.2) is 72.8 Å². The minimum absolute atomic E-state index is 0.0114. The van der Waals surface area contributed by atoms with Crippen molar-refractivity contribution in [1.82, 2.24) is 19.8 Å². The van der Waals surface area contributed by atoms with Crippen LogP contribution in [0.1, 0.15) is 51.7 Å². The van der Waals surface area contributed by atoms with Gasteiger partial charge in [0.25, 0.3) is 0 Å². The summed E-state index contributed by atoms with van der Waals surface area (Å²) in [4.78, 5) is 13.1. The van der Waals surface area contributed by atoms with Crippen molar-refractivity contribution in [3.8, 4) is 34.0 Å². The summed E-state index contributed by atoms with van der Waals surface area (Å²) in [5.41, 5.74) is 18.1. The van der Waals surface area contributed by atoms with E-state index < -0.39 is 0 Å². The number of anilines is 2. The smallest absolute Gasteiger partial charge is 0.124 e. The van der Waals surface area contributed by atoms with Crippen molar-refractivity contribution < 1.29 is 9.47 Å². The number of pyridine rings is 2. The van der Waals surface area contributed by atoms with Crippen LogP contribution in [-0.4, -0.2) is 74.3 Å². The Balaban J connectivity index is 0.000000246. The SMILES string of the molecule is CC(C)c1cc(OCCN(C)C)ccc1-c1cccc(N)n1.CN(C)CCOc1ccc(-c2cccc(N)n2)c(C(C)(C)C)c1. The van der Waals surface area contributed by atoms with Crippen LogP contribution in [0.2, 0.25) is 0 Å².